The third-order valence-corrected chi connectivity index (χ3v) is 7.84. The summed E-state index contributed by atoms with van der Waals surface area (Å²) in [6, 6.07) is 5.82. The molecule has 0 spiro atoms. The first-order valence-electron chi connectivity index (χ1n) is 11.2. The number of ether oxygens (including phenoxy) is 1. The van der Waals surface area contributed by atoms with E-state index in [4.69, 9.17) is 4.74 Å². The Morgan fingerprint density at radius 3 is 2.61 bits per heavy atom. The van der Waals surface area contributed by atoms with E-state index in [1.807, 2.05) is 0 Å². The minimum absolute atomic E-state index is 0.181. The highest BCUT2D eigenvalue weighted by molar-refractivity contribution is 7.90. The second-order valence-electron chi connectivity index (χ2n) is 8.49. The molecule has 36 heavy (non-hydrogen) atoms. The summed E-state index contributed by atoms with van der Waals surface area (Å²) in [6.45, 7) is 2.17. The summed E-state index contributed by atoms with van der Waals surface area (Å²) in [5, 5.41) is 0.476. The molecule has 1 saturated heterocycles. The molecule has 186 valence electrons. The van der Waals surface area contributed by atoms with Gasteiger partial charge in [0.25, 0.3) is 0 Å². The van der Waals surface area contributed by atoms with Crippen LogP contribution in [0.2, 0.25) is 0 Å². The number of anilines is 1. The lowest BCUT2D eigenvalue weighted by molar-refractivity contribution is 0.103. The van der Waals surface area contributed by atoms with Gasteiger partial charge in [0, 0.05) is 59.5 Å². The molecule has 10 nitrogen and oxygen atoms in total. The van der Waals surface area contributed by atoms with Gasteiger partial charge in [0.2, 0.25) is 0 Å². The molecule has 0 radical (unpaired) electrons. The Morgan fingerprint density at radius 2 is 1.92 bits per heavy atom. The number of ketones is 1. The van der Waals surface area contributed by atoms with Gasteiger partial charge >= 0.3 is 16.2 Å². The highest BCUT2D eigenvalue weighted by Gasteiger charge is 2.32. The molecule has 0 aliphatic carbocycles. The van der Waals surface area contributed by atoms with Gasteiger partial charge in [-0.25, -0.2) is 19.3 Å². The maximum atomic E-state index is 15.4. The molecule has 1 aromatic carbocycles. The number of fused-ring (bicyclic) bond motifs is 1. The topological polar surface area (TPSA) is 130 Å². The van der Waals surface area contributed by atoms with Crippen molar-refractivity contribution in [3.05, 3.63) is 66.0 Å². The van der Waals surface area contributed by atoms with Crippen molar-refractivity contribution in [1.29, 1.82) is 0 Å². The number of nitrogens with zero attached hydrogens (tertiary/aromatic N) is 4. The number of H-pyrrole nitrogens is 1. The minimum atomic E-state index is -3.96. The van der Waals surface area contributed by atoms with Gasteiger partial charge < -0.3 is 9.72 Å². The summed E-state index contributed by atoms with van der Waals surface area (Å²) in [7, 11) is -2.50. The van der Waals surface area contributed by atoms with Crippen LogP contribution in [0.1, 0.15) is 35.7 Å². The monoisotopic (exact) mass is 510 g/mol. The highest BCUT2D eigenvalue weighted by Crippen LogP contribution is 2.29. The van der Waals surface area contributed by atoms with Gasteiger partial charge in [-0.15, -0.1) is 0 Å². The Labute approximate surface area is 206 Å². The molecule has 2 N–H and O–H groups in total. The van der Waals surface area contributed by atoms with Crippen LogP contribution in [0.3, 0.4) is 0 Å². The molecule has 1 atom stereocenters. The number of rotatable bonds is 7. The number of methoxy groups -OCH3 is 1. The van der Waals surface area contributed by atoms with Gasteiger partial charge in [-0.1, -0.05) is 6.07 Å². The molecule has 0 bridgehead atoms. The third-order valence-electron chi connectivity index (χ3n) is 6.20. The fourth-order valence-electron chi connectivity index (χ4n) is 4.31. The summed E-state index contributed by atoms with van der Waals surface area (Å²) in [5.41, 5.74) is 1.40. The Morgan fingerprint density at radius 1 is 1.17 bits per heavy atom. The van der Waals surface area contributed by atoms with Crippen molar-refractivity contribution in [2.24, 2.45) is 0 Å². The molecule has 12 heteroatoms. The second kappa shape index (κ2) is 9.28. The van der Waals surface area contributed by atoms with E-state index in [0.29, 0.717) is 28.7 Å². The van der Waals surface area contributed by atoms with Crippen LogP contribution in [0, 0.1) is 5.82 Å². The number of aromatic nitrogens is 4. The fourth-order valence-corrected chi connectivity index (χ4v) is 5.81. The van der Waals surface area contributed by atoms with E-state index < -0.39 is 21.8 Å². The lowest BCUT2D eigenvalue weighted by Gasteiger charge is -2.22. The first-order valence-corrected chi connectivity index (χ1v) is 12.7. The van der Waals surface area contributed by atoms with Gasteiger partial charge in [-0.3, -0.25) is 9.52 Å². The van der Waals surface area contributed by atoms with Crippen LogP contribution in [0.25, 0.3) is 22.2 Å². The summed E-state index contributed by atoms with van der Waals surface area (Å²) >= 11 is 0. The maximum absolute atomic E-state index is 15.4. The summed E-state index contributed by atoms with van der Waals surface area (Å²) in [6.07, 6.45) is 7.67. The number of hydrogen-bond donors (Lipinski definition) is 2. The van der Waals surface area contributed by atoms with Crippen LogP contribution in [-0.2, 0) is 10.2 Å². The van der Waals surface area contributed by atoms with Crippen LogP contribution >= 0.6 is 0 Å². The SMILES string of the molecule is COc1ncc(-c2cnc3[nH]cc(C(=O)c4cccc(NS(=O)(=O)N5CCCC5C)c4F)c3c2)cn1. The zero-order chi connectivity index (χ0) is 25.4. The Bertz CT molecular complexity index is 1550. The van der Waals surface area contributed by atoms with Crippen LogP contribution in [-0.4, -0.2) is 58.1 Å². The summed E-state index contributed by atoms with van der Waals surface area (Å²) in [4.78, 5) is 28.8. The molecular weight excluding hydrogens is 487 g/mol. The van der Waals surface area contributed by atoms with E-state index in [0.717, 1.165) is 12.8 Å². The fraction of sp³-hybridized carbons (Fsp3) is 0.250. The van der Waals surface area contributed by atoms with Gasteiger partial charge in [-0.2, -0.15) is 12.7 Å². The Balaban J connectivity index is 1.48. The predicted octanol–water partition coefficient (Wildman–Crippen LogP) is 3.54. The molecular formula is C24H23FN6O4S. The molecule has 1 fully saturated rings. The largest absolute Gasteiger partial charge is 0.467 e. The number of pyridine rings is 1. The number of halogens is 1. The molecule has 1 unspecified atom stereocenters. The lowest BCUT2D eigenvalue weighted by atomic mass is 10.0. The Hall–Kier alpha value is -3.90. The third kappa shape index (κ3) is 4.29. The highest BCUT2D eigenvalue weighted by atomic mass is 32.2. The number of benzene rings is 1. The molecule has 0 amide bonds. The van der Waals surface area contributed by atoms with E-state index in [9.17, 15) is 13.2 Å². The zero-order valence-corrected chi connectivity index (χ0v) is 20.3. The van der Waals surface area contributed by atoms with Gasteiger partial charge in [-0.05, 0) is 38.0 Å². The van der Waals surface area contributed by atoms with Gasteiger partial charge in [0.15, 0.2) is 11.6 Å². The number of nitrogens with one attached hydrogen (secondary N) is 2. The van der Waals surface area contributed by atoms with Crippen LogP contribution in [0.15, 0.2) is 49.1 Å². The van der Waals surface area contributed by atoms with Crippen molar-refractivity contribution in [3.8, 4) is 17.1 Å². The molecule has 0 saturated carbocycles. The maximum Gasteiger partial charge on any atom is 0.316 e. The van der Waals surface area contributed by atoms with Crippen molar-refractivity contribution >= 4 is 32.7 Å². The second-order valence-corrected chi connectivity index (χ2v) is 10.1. The van der Waals surface area contributed by atoms with E-state index in [2.05, 4.69) is 24.7 Å². The summed E-state index contributed by atoms with van der Waals surface area (Å²) in [5.74, 6) is -1.56. The van der Waals surface area contributed by atoms with Gasteiger partial charge in [0.1, 0.15) is 5.65 Å². The smallest absolute Gasteiger partial charge is 0.316 e. The molecule has 3 aromatic heterocycles. The molecule has 1 aliphatic heterocycles. The number of carbonyl (C=O) groups is 1. The average Bonchev–Trinajstić information content (AvgIpc) is 3.51. The van der Waals surface area contributed by atoms with Crippen LogP contribution in [0.4, 0.5) is 10.1 Å². The molecule has 4 aromatic rings. The van der Waals surface area contributed by atoms with E-state index in [-0.39, 0.29) is 28.9 Å². The van der Waals surface area contributed by atoms with Crippen molar-refractivity contribution in [2.45, 2.75) is 25.8 Å². The molecule has 5 rings (SSSR count). The summed E-state index contributed by atoms with van der Waals surface area (Å²) < 4.78 is 49.6. The van der Waals surface area contributed by atoms with Crippen molar-refractivity contribution < 1.29 is 22.3 Å². The number of aromatic amines is 1. The molecule has 4 heterocycles. The standard InChI is InChI=1S/C24H23FN6O4S/c1-14-5-4-8-31(14)36(33,34)30-20-7-3-6-17(21(20)25)22(32)19-13-27-23-18(19)9-15(10-26-23)16-11-28-24(35-2)29-12-16/h3,6-7,9-14,30H,4-5,8H2,1-2H3,(H,26,27). The van der Waals surface area contributed by atoms with E-state index >= 15 is 4.39 Å². The van der Waals surface area contributed by atoms with Gasteiger partial charge in [0.05, 0.1) is 18.4 Å². The normalized spacial score (nSPS) is 16.4. The zero-order valence-electron chi connectivity index (χ0n) is 19.5. The van der Waals surface area contributed by atoms with Crippen molar-refractivity contribution in [2.75, 3.05) is 18.4 Å². The first kappa shape index (κ1) is 23.8. The average molecular weight is 511 g/mol. The number of carbonyl (C=O) groups excluding carboxylic acids is 1. The quantitative estimate of drug-likeness (QED) is 0.364. The van der Waals surface area contributed by atoms with Crippen LogP contribution < -0.4 is 9.46 Å². The van der Waals surface area contributed by atoms with Crippen LogP contribution in [0.5, 0.6) is 6.01 Å². The van der Waals surface area contributed by atoms with Crippen molar-refractivity contribution in [1.82, 2.24) is 24.2 Å². The molecule has 1 aliphatic rings. The Kier molecular flexibility index (Phi) is 6.14. The van der Waals surface area contributed by atoms with E-state index in [1.54, 1.807) is 31.6 Å². The van der Waals surface area contributed by atoms with E-state index in [1.165, 1.54) is 35.8 Å². The number of hydrogen-bond acceptors (Lipinski definition) is 7. The minimum Gasteiger partial charge on any atom is -0.467 e. The predicted molar refractivity (Wildman–Crippen MR) is 131 cm³/mol. The lowest BCUT2D eigenvalue weighted by Crippen LogP contribution is -2.38. The first-order chi connectivity index (χ1) is 17.3. The van der Waals surface area contributed by atoms with Crippen molar-refractivity contribution in [3.63, 3.8) is 0 Å².